The Kier molecular flexibility index (Phi) is 4.66. The van der Waals surface area contributed by atoms with Gasteiger partial charge < -0.3 is 5.32 Å². The number of hydrogen-bond donors (Lipinski definition) is 1. The summed E-state index contributed by atoms with van der Waals surface area (Å²) in [5.41, 5.74) is 2.34. The van der Waals surface area contributed by atoms with Crippen LogP contribution < -0.4 is 5.32 Å². The monoisotopic (exact) mass is 401 g/mol. The summed E-state index contributed by atoms with van der Waals surface area (Å²) in [7, 11) is 0. The van der Waals surface area contributed by atoms with Crippen molar-refractivity contribution in [3.63, 3.8) is 0 Å². The van der Waals surface area contributed by atoms with Gasteiger partial charge in [-0.15, -0.1) is 0 Å². The van der Waals surface area contributed by atoms with Gasteiger partial charge in [-0.05, 0) is 74.7 Å². The molecule has 0 radical (unpaired) electrons. The second-order valence-corrected chi connectivity index (χ2v) is 6.18. The number of aryl methyl sites for hydroxylation is 1. The zero-order valence-corrected chi connectivity index (χ0v) is 13.9. The highest BCUT2D eigenvalue weighted by Gasteiger charge is 2.10. The van der Waals surface area contributed by atoms with Crippen LogP contribution in [0.5, 0.6) is 0 Å². The smallest absolute Gasteiger partial charge is 0.256 e. The number of nitrogens with one attached hydrogen (secondary N) is 1. The van der Waals surface area contributed by atoms with Crippen LogP contribution in [-0.4, -0.2) is 5.91 Å². The molecule has 98 valence electrons. The molecule has 1 N–H and O–H groups in total. The fourth-order valence-electron chi connectivity index (χ4n) is 1.58. The fourth-order valence-corrected chi connectivity index (χ4v) is 2.68. The molecule has 2 nitrogen and oxygen atoms in total. The van der Waals surface area contributed by atoms with Crippen LogP contribution in [0.15, 0.2) is 45.3 Å². The first-order valence-electron chi connectivity index (χ1n) is 5.50. The van der Waals surface area contributed by atoms with Crippen LogP contribution in [0.1, 0.15) is 15.9 Å². The fraction of sp³-hybridized carbons (Fsp3) is 0.0714. The lowest BCUT2D eigenvalue weighted by Crippen LogP contribution is -2.12. The van der Waals surface area contributed by atoms with Gasteiger partial charge in [0.05, 0.1) is 10.6 Å². The van der Waals surface area contributed by atoms with Crippen LogP contribution >= 0.6 is 43.5 Å². The third-order valence-electron chi connectivity index (χ3n) is 2.55. The summed E-state index contributed by atoms with van der Waals surface area (Å²) in [5, 5.41) is 3.37. The van der Waals surface area contributed by atoms with E-state index in [0.717, 1.165) is 14.5 Å². The van der Waals surface area contributed by atoms with Crippen molar-refractivity contribution in [2.24, 2.45) is 0 Å². The predicted molar refractivity (Wildman–Crippen MR) is 86.0 cm³/mol. The van der Waals surface area contributed by atoms with Gasteiger partial charge in [-0.25, -0.2) is 0 Å². The normalized spacial score (nSPS) is 10.3. The lowest BCUT2D eigenvalue weighted by Gasteiger charge is -2.08. The molecule has 5 heteroatoms. The number of hydrogen-bond acceptors (Lipinski definition) is 1. The number of benzene rings is 2. The minimum Gasteiger partial charge on any atom is -0.322 e. The van der Waals surface area contributed by atoms with Crippen molar-refractivity contribution in [2.45, 2.75) is 6.92 Å². The Morgan fingerprint density at radius 2 is 1.84 bits per heavy atom. The van der Waals surface area contributed by atoms with Crippen LogP contribution in [0, 0.1) is 6.92 Å². The molecule has 0 unspecified atom stereocenters. The van der Waals surface area contributed by atoms with Gasteiger partial charge in [0.15, 0.2) is 0 Å². The third kappa shape index (κ3) is 3.59. The van der Waals surface area contributed by atoms with Gasteiger partial charge in [-0.1, -0.05) is 17.7 Å². The van der Waals surface area contributed by atoms with Gasteiger partial charge in [-0.3, -0.25) is 4.79 Å². The van der Waals surface area contributed by atoms with Crippen molar-refractivity contribution in [3.8, 4) is 0 Å². The van der Waals surface area contributed by atoms with Crippen molar-refractivity contribution in [2.75, 3.05) is 5.32 Å². The summed E-state index contributed by atoms with van der Waals surface area (Å²) >= 11 is 12.7. The van der Waals surface area contributed by atoms with E-state index >= 15 is 0 Å². The molecule has 1 amide bonds. The number of amides is 1. The van der Waals surface area contributed by atoms with E-state index < -0.39 is 0 Å². The average Bonchev–Trinajstić information content (AvgIpc) is 2.33. The van der Waals surface area contributed by atoms with Crippen molar-refractivity contribution >= 4 is 55.1 Å². The van der Waals surface area contributed by atoms with Crippen LogP contribution in [0.25, 0.3) is 0 Å². The summed E-state index contributed by atoms with van der Waals surface area (Å²) in [5.74, 6) is -0.176. The minimum absolute atomic E-state index is 0.176. The van der Waals surface area contributed by atoms with E-state index in [9.17, 15) is 4.79 Å². The van der Waals surface area contributed by atoms with Gasteiger partial charge in [0.25, 0.3) is 5.91 Å². The van der Waals surface area contributed by atoms with Crippen LogP contribution in [0.3, 0.4) is 0 Å². The molecule has 2 rings (SSSR count). The van der Waals surface area contributed by atoms with E-state index in [2.05, 4.69) is 37.2 Å². The molecule has 0 heterocycles. The van der Waals surface area contributed by atoms with Crippen LogP contribution in [0.2, 0.25) is 5.02 Å². The molecule has 2 aromatic carbocycles. The number of carbonyl (C=O) groups is 1. The standard InChI is InChI=1S/C14H10Br2ClNO/c1-8-2-4-10(12(16)6-8)14(19)18-9-3-5-11(15)13(17)7-9/h2-7H,1H3,(H,18,19). The highest BCUT2D eigenvalue weighted by Crippen LogP contribution is 2.26. The van der Waals surface area contributed by atoms with Crippen LogP contribution in [-0.2, 0) is 0 Å². The summed E-state index contributed by atoms with van der Waals surface area (Å²) < 4.78 is 1.57. The highest BCUT2D eigenvalue weighted by molar-refractivity contribution is 9.10. The summed E-state index contributed by atoms with van der Waals surface area (Å²) in [4.78, 5) is 12.1. The van der Waals surface area contributed by atoms with Gasteiger partial charge in [0.1, 0.15) is 0 Å². The van der Waals surface area contributed by atoms with Crippen molar-refractivity contribution < 1.29 is 4.79 Å². The summed E-state index contributed by atoms with van der Waals surface area (Å²) in [6.45, 7) is 1.97. The molecule has 0 aliphatic rings. The topological polar surface area (TPSA) is 29.1 Å². The first-order chi connectivity index (χ1) is 8.97. The van der Waals surface area contributed by atoms with Crippen molar-refractivity contribution in [1.29, 1.82) is 0 Å². The maximum atomic E-state index is 12.1. The number of carbonyl (C=O) groups excluding carboxylic acids is 1. The van der Waals surface area contributed by atoms with Crippen LogP contribution in [0.4, 0.5) is 5.69 Å². The lowest BCUT2D eigenvalue weighted by molar-refractivity contribution is 0.102. The quantitative estimate of drug-likeness (QED) is 0.712. The Bertz CT molecular complexity index is 643. The Hall–Kier alpha value is -0.840. The maximum absolute atomic E-state index is 12.1. The molecule has 0 aromatic heterocycles. The second kappa shape index (κ2) is 6.07. The van der Waals surface area contributed by atoms with Crippen molar-refractivity contribution in [1.82, 2.24) is 0 Å². The van der Waals surface area contributed by atoms with E-state index in [4.69, 9.17) is 11.6 Å². The Balaban J connectivity index is 2.23. The zero-order valence-electron chi connectivity index (χ0n) is 10.0. The van der Waals surface area contributed by atoms with Gasteiger partial charge in [0.2, 0.25) is 0 Å². The summed E-state index contributed by atoms with van der Waals surface area (Å²) in [6.07, 6.45) is 0. The maximum Gasteiger partial charge on any atom is 0.256 e. The van der Waals surface area contributed by atoms with Gasteiger partial charge in [-0.2, -0.15) is 0 Å². The predicted octanol–water partition coefficient (Wildman–Crippen LogP) is 5.43. The largest absolute Gasteiger partial charge is 0.322 e. The Morgan fingerprint density at radius 1 is 1.11 bits per heavy atom. The molecule has 0 aliphatic heterocycles. The molecule has 0 fully saturated rings. The van der Waals surface area contributed by atoms with E-state index in [-0.39, 0.29) is 5.91 Å². The Labute approximate surface area is 133 Å². The first-order valence-corrected chi connectivity index (χ1v) is 7.46. The third-order valence-corrected chi connectivity index (χ3v) is 4.44. The zero-order chi connectivity index (χ0) is 14.0. The first kappa shape index (κ1) is 14.6. The summed E-state index contributed by atoms with van der Waals surface area (Å²) in [6, 6.07) is 10.9. The molecule has 0 saturated heterocycles. The number of halogens is 3. The van der Waals surface area contributed by atoms with E-state index in [1.165, 1.54) is 0 Å². The molecule has 2 aromatic rings. The number of anilines is 1. The molecule has 0 bridgehead atoms. The van der Waals surface area contributed by atoms with Gasteiger partial charge in [0, 0.05) is 14.6 Å². The lowest BCUT2D eigenvalue weighted by atomic mass is 10.1. The molecular formula is C14H10Br2ClNO. The average molecular weight is 404 g/mol. The molecule has 19 heavy (non-hydrogen) atoms. The molecule has 0 atom stereocenters. The second-order valence-electron chi connectivity index (χ2n) is 4.07. The van der Waals surface area contributed by atoms with Gasteiger partial charge >= 0.3 is 0 Å². The van der Waals surface area contributed by atoms with E-state index in [0.29, 0.717) is 16.3 Å². The molecule has 0 spiro atoms. The highest BCUT2D eigenvalue weighted by atomic mass is 79.9. The van der Waals surface area contributed by atoms with Crippen molar-refractivity contribution in [3.05, 3.63) is 61.5 Å². The Morgan fingerprint density at radius 3 is 2.47 bits per heavy atom. The van der Waals surface area contributed by atoms with E-state index in [1.807, 2.05) is 19.1 Å². The minimum atomic E-state index is -0.176. The van der Waals surface area contributed by atoms with E-state index in [1.54, 1.807) is 24.3 Å². The SMILES string of the molecule is Cc1ccc(C(=O)Nc2ccc(Br)c(Cl)c2)c(Br)c1. The molecular weight excluding hydrogens is 393 g/mol. The molecule has 0 saturated carbocycles. The number of rotatable bonds is 2. The molecule has 0 aliphatic carbocycles.